The molecule has 0 heterocycles. The summed E-state index contributed by atoms with van der Waals surface area (Å²) in [7, 11) is -2.20. The maximum absolute atomic E-state index is 8.44. The molecule has 0 aliphatic heterocycles. The second-order valence-electron chi connectivity index (χ2n) is 3.22. The van der Waals surface area contributed by atoms with E-state index < -0.39 is 12.4 Å². The van der Waals surface area contributed by atoms with Crippen molar-refractivity contribution in [3.8, 4) is 0 Å². The van der Waals surface area contributed by atoms with Crippen molar-refractivity contribution in [3.05, 3.63) is 0 Å². The Kier molecular flexibility index (Phi) is 9.96. The second-order valence-corrected chi connectivity index (χ2v) is 6.50. The third-order valence-corrected chi connectivity index (χ3v) is 2.79. The zero-order valence-electron chi connectivity index (χ0n) is 8.33. The first-order chi connectivity index (χ1) is 6.92. The summed E-state index contributed by atoms with van der Waals surface area (Å²) in [5.74, 6) is 0. The van der Waals surface area contributed by atoms with Gasteiger partial charge in [0.1, 0.15) is 0 Å². The normalized spacial score (nSPS) is 12.4. The van der Waals surface area contributed by atoms with E-state index in [-0.39, 0.29) is 0 Å². The number of hydrogen-bond acceptors (Lipinski definition) is 3. The second kappa shape index (κ2) is 9.23. The number of alkyl halides is 3. The van der Waals surface area contributed by atoms with Crippen molar-refractivity contribution in [1.29, 1.82) is 0 Å². The number of rotatable bonds is 8. The van der Waals surface area contributed by atoms with Gasteiger partial charge in [-0.3, -0.25) is 0 Å². The molecule has 0 fully saturated rings. The van der Waals surface area contributed by atoms with Gasteiger partial charge >= 0.3 is 8.60 Å². The van der Waals surface area contributed by atoms with E-state index in [4.69, 9.17) is 44.6 Å². The molecule has 0 aliphatic carbocycles. The summed E-state index contributed by atoms with van der Waals surface area (Å²) in [5, 5.41) is 0. The van der Waals surface area contributed by atoms with Crippen LogP contribution in [0.5, 0.6) is 0 Å². The smallest absolute Gasteiger partial charge is 0.327 e. The fourth-order valence-corrected chi connectivity index (χ4v) is 1.80. The Morgan fingerprint density at radius 1 is 0.933 bits per heavy atom. The predicted octanol–water partition coefficient (Wildman–Crippen LogP) is 3.93. The molecule has 0 saturated carbocycles. The molecule has 0 radical (unpaired) electrons. The van der Waals surface area contributed by atoms with Crippen molar-refractivity contribution in [2.75, 3.05) is 6.61 Å². The van der Waals surface area contributed by atoms with Gasteiger partial charge in [-0.2, -0.15) is 0 Å². The Labute approximate surface area is 107 Å². The van der Waals surface area contributed by atoms with E-state index in [0.29, 0.717) is 13.0 Å². The molecule has 0 atom stereocenters. The van der Waals surface area contributed by atoms with Crippen molar-refractivity contribution >= 4 is 43.4 Å². The topological polar surface area (TPSA) is 49.7 Å². The van der Waals surface area contributed by atoms with Crippen molar-refractivity contribution < 1.29 is 14.3 Å². The highest BCUT2D eigenvalue weighted by atomic mass is 35.6. The molecule has 7 heteroatoms. The zero-order valence-corrected chi connectivity index (χ0v) is 11.5. The average molecular weight is 298 g/mol. The Balaban J connectivity index is 3.06. The lowest BCUT2D eigenvalue weighted by Gasteiger charge is -2.09. The van der Waals surface area contributed by atoms with Crippen LogP contribution in [0.3, 0.4) is 0 Å². The monoisotopic (exact) mass is 296 g/mol. The number of unbranched alkanes of at least 4 members (excludes halogenated alkanes) is 4. The van der Waals surface area contributed by atoms with Crippen LogP contribution in [0, 0.1) is 0 Å². The van der Waals surface area contributed by atoms with Gasteiger partial charge in [-0.1, -0.05) is 54.1 Å². The van der Waals surface area contributed by atoms with Crippen LogP contribution in [0.15, 0.2) is 0 Å². The highest BCUT2D eigenvalue weighted by molar-refractivity contribution is 7.39. The standard InChI is InChI=1S/C8H16Cl3O3P/c9-8(10,11)6-4-2-1-3-5-7-14-15(12)13/h12-13H,1-7H2. The molecule has 0 aromatic carbocycles. The van der Waals surface area contributed by atoms with Gasteiger partial charge < -0.3 is 14.3 Å². The maximum Gasteiger partial charge on any atom is 0.327 e. The molecule has 3 nitrogen and oxygen atoms in total. The fraction of sp³-hybridized carbons (Fsp3) is 1.00. The minimum Gasteiger partial charge on any atom is -0.328 e. The SMILES string of the molecule is OP(O)OCCCCCCCC(Cl)(Cl)Cl. The van der Waals surface area contributed by atoms with Gasteiger partial charge in [-0.15, -0.1) is 0 Å². The van der Waals surface area contributed by atoms with Crippen LogP contribution in [-0.4, -0.2) is 20.2 Å². The van der Waals surface area contributed by atoms with Crippen LogP contribution in [0.4, 0.5) is 0 Å². The molecular formula is C8H16Cl3O3P. The quantitative estimate of drug-likeness (QED) is 0.405. The van der Waals surface area contributed by atoms with Gasteiger partial charge in [0.2, 0.25) is 0 Å². The van der Waals surface area contributed by atoms with E-state index in [2.05, 4.69) is 4.52 Å². The molecule has 92 valence electrons. The Hall–Kier alpha value is 1.18. The third kappa shape index (κ3) is 15.2. The Morgan fingerprint density at radius 3 is 2.00 bits per heavy atom. The lowest BCUT2D eigenvalue weighted by molar-refractivity contribution is 0.248. The van der Waals surface area contributed by atoms with Gasteiger partial charge in [-0.25, -0.2) is 0 Å². The summed E-state index contributed by atoms with van der Waals surface area (Å²) in [6, 6.07) is 0. The number of hydrogen-bond donors (Lipinski definition) is 2. The maximum atomic E-state index is 8.44. The van der Waals surface area contributed by atoms with Crippen molar-refractivity contribution in [3.63, 3.8) is 0 Å². The van der Waals surface area contributed by atoms with Gasteiger partial charge in [0.05, 0.1) is 6.61 Å². The largest absolute Gasteiger partial charge is 0.328 e. The number of halogens is 3. The Bertz CT molecular complexity index is 153. The molecule has 0 bridgehead atoms. The molecule has 0 unspecified atom stereocenters. The Morgan fingerprint density at radius 2 is 1.47 bits per heavy atom. The molecule has 0 aliphatic rings. The van der Waals surface area contributed by atoms with Crippen molar-refractivity contribution in [2.45, 2.75) is 42.3 Å². The minimum atomic E-state index is -2.20. The van der Waals surface area contributed by atoms with Crippen LogP contribution >= 0.6 is 43.4 Å². The molecular weight excluding hydrogens is 281 g/mol. The highest BCUT2D eigenvalue weighted by Crippen LogP contribution is 2.32. The first-order valence-corrected chi connectivity index (χ1v) is 7.09. The molecule has 0 aromatic heterocycles. The summed E-state index contributed by atoms with van der Waals surface area (Å²) >= 11 is 16.8. The van der Waals surface area contributed by atoms with Crippen LogP contribution in [-0.2, 0) is 4.52 Å². The summed E-state index contributed by atoms with van der Waals surface area (Å²) in [4.78, 5) is 16.9. The summed E-state index contributed by atoms with van der Waals surface area (Å²) < 4.78 is 3.48. The van der Waals surface area contributed by atoms with Gasteiger partial charge in [0.25, 0.3) is 0 Å². The van der Waals surface area contributed by atoms with E-state index in [1.54, 1.807) is 0 Å². The molecule has 0 saturated heterocycles. The van der Waals surface area contributed by atoms with E-state index in [9.17, 15) is 0 Å². The molecule has 15 heavy (non-hydrogen) atoms. The van der Waals surface area contributed by atoms with Gasteiger partial charge in [0.15, 0.2) is 3.79 Å². The van der Waals surface area contributed by atoms with Crippen LogP contribution in [0.2, 0.25) is 0 Å². The summed E-state index contributed by atoms with van der Waals surface area (Å²) in [6.45, 7) is 0.392. The summed E-state index contributed by atoms with van der Waals surface area (Å²) in [5.41, 5.74) is 0. The first-order valence-electron chi connectivity index (χ1n) is 4.79. The zero-order chi connectivity index (χ0) is 11.7. The van der Waals surface area contributed by atoms with E-state index in [1.807, 2.05) is 0 Å². The molecule has 0 aromatic rings. The minimum absolute atomic E-state index is 0.392. The van der Waals surface area contributed by atoms with Crippen molar-refractivity contribution in [2.24, 2.45) is 0 Å². The van der Waals surface area contributed by atoms with Crippen LogP contribution < -0.4 is 0 Å². The van der Waals surface area contributed by atoms with E-state index in [1.165, 1.54) is 0 Å². The van der Waals surface area contributed by atoms with Gasteiger partial charge in [-0.05, 0) is 19.3 Å². The first kappa shape index (κ1) is 16.2. The molecule has 2 N–H and O–H groups in total. The highest BCUT2D eigenvalue weighted by Gasteiger charge is 2.17. The fourth-order valence-electron chi connectivity index (χ4n) is 1.10. The van der Waals surface area contributed by atoms with E-state index >= 15 is 0 Å². The lowest BCUT2D eigenvalue weighted by atomic mass is 10.1. The molecule has 0 spiro atoms. The van der Waals surface area contributed by atoms with Gasteiger partial charge in [0, 0.05) is 0 Å². The van der Waals surface area contributed by atoms with Crippen LogP contribution in [0.25, 0.3) is 0 Å². The predicted molar refractivity (Wildman–Crippen MR) is 65.3 cm³/mol. The van der Waals surface area contributed by atoms with E-state index in [0.717, 1.165) is 32.1 Å². The molecule has 0 rings (SSSR count). The third-order valence-electron chi connectivity index (χ3n) is 1.81. The average Bonchev–Trinajstić information content (AvgIpc) is 2.07. The lowest BCUT2D eigenvalue weighted by Crippen LogP contribution is -2.00. The molecule has 0 amide bonds. The van der Waals surface area contributed by atoms with Crippen LogP contribution in [0.1, 0.15) is 38.5 Å². The summed E-state index contributed by atoms with van der Waals surface area (Å²) in [6.07, 6.45) is 5.34. The van der Waals surface area contributed by atoms with Crippen molar-refractivity contribution in [1.82, 2.24) is 0 Å².